The van der Waals surface area contributed by atoms with Crippen LogP contribution in [0.15, 0.2) is 0 Å². The lowest BCUT2D eigenvalue weighted by atomic mass is 10.2. The molecule has 1 N–H and O–H groups in total. The van der Waals surface area contributed by atoms with Crippen LogP contribution in [0.5, 0.6) is 0 Å². The molecule has 2 aliphatic rings. The van der Waals surface area contributed by atoms with Crippen LogP contribution in [-0.2, 0) is 9.59 Å². The highest BCUT2D eigenvalue weighted by Gasteiger charge is 2.47. The minimum atomic E-state index is -0.863. The van der Waals surface area contributed by atoms with E-state index in [0.29, 0.717) is 18.1 Å². The van der Waals surface area contributed by atoms with Crippen molar-refractivity contribution in [2.24, 2.45) is 5.92 Å². The highest BCUT2D eigenvalue weighted by atomic mass is 32.2. The molecule has 2 unspecified atom stereocenters. The monoisotopic (exact) mass is 275 g/mol. The van der Waals surface area contributed by atoms with E-state index in [-0.39, 0.29) is 11.3 Å². The van der Waals surface area contributed by atoms with Crippen molar-refractivity contribution >= 4 is 35.4 Å². The fourth-order valence-electron chi connectivity index (χ4n) is 2.10. The quantitative estimate of drug-likeness (QED) is 0.824. The number of amides is 1. The van der Waals surface area contributed by atoms with Gasteiger partial charge in [-0.25, -0.2) is 4.79 Å². The van der Waals surface area contributed by atoms with Crippen molar-refractivity contribution in [3.63, 3.8) is 0 Å². The summed E-state index contributed by atoms with van der Waals surface area (Å²) in [5, 5.41) is 9.28. The molecule has 0 radical (unpaired) electrons. The van der Waals surface area contributed by atoms with Crippen molar-refractivity contribution in [3.05, 3.63) is 0 Å². The lowest BCUT2D eigenvalue weighted by Gasteiger charge is -2.27. The van der Waals surface area contributed by atoms with E-state index < -0.39 is 12.0 Å². The molecule has 17 heavy (non-hydrogen) atoms. The molecule has 96 valence electrons. The molecule has 0 aromatic carbocycles. The standard InChI is InChI=1S/C11H17NO3S2/c1-16-5-4-9(13)12-8(11(14)15)6-17-10(12)7-2-3-7/h7-8,10H,2-6H2,1H3,(H,14,15). The maximum atomic E-state index is 12.1. The van der Waals surface area contributed by atoms with E-state index in [9.17, 15) is 9.59 Å². The molecule has 1 saturated heterocycles. The molecule has 2 rings (SSSR count). The summed E-state index contributed by atoms with van der Waals surface area (Å²) in [6.45, 7) is 0. The Kier molecular flexibility index (Phi) is 4.25. The van der Waals surface area contributed by atoms with Crippen molar-refractivity contribution < 1.29 is 14.7 Å². The van der Waals surface area contributed by atoms with Gasteiger partial charge in [0.1, 0.15) is 6.04 Å². The van der Waals surface area contributed by atoms with Crippen LogP contribution in [0.2, 0.25) is 0 Å². The van der Waals surface area contributed by atoms with Gasteiger partial charge in [-0.3, -0.25) is 4.79 Å². The van der Waals surface area contributed by atoms with Crippen LogP contribution in [0.25, 0.3) is 0 Å². The average Bonchev–Trinajstić information content (AvgIpc) is 3.04. The van der Waals surface area contributed by atoms with E-state index in [1.807, 2.05) is 6.26 Å². The second-order valence-electron chi connectivity index (χ2n) is 4.46. The first kappa shape index (κ1) is 13.1. The molecule has 1 aliphatic heterocycles. The van der Waals surface area contributed by atoms with Gasteiger partial charge in [0.25, 0.3) is 0 Å². The van der Waals surface area contributed by atoms with Crippen molar-refractivity contribution in [1.29, 1.82) is 0 Å². The Labute approximate surface area is 110 Å². The SMILES string of the molecule is CSCCC(=O)N1C(C(=O)O)CSC1C1CC1. The van der Waals surface area contributed by atoms with Gasteiger partial charge in [0.2, 0.25) is 5.91 Å². The lowest BCUT2D eigenvalue weighted by molar-refractivity contribution is -0.149. The van der Waals surface area contributed by atoms with Gasteiger partial charge >= 0.3 is 5.97 Å². The van der Waals surface area contributed by atoms with E-state index in [4.69, 9.17) is 5.11 Å². The maximum Gasteiger partial charge on any atom is 0.327 e. The fraction of sp³-hybridized carbons (Fsp3) is 0.818. The topological polar surface area (TPSA) is 57.6 Å². The number of aliphatic carboxylic acids is 1. The first-order valence-electron chi connectivity index (χ1n) is 5.79. The third kappa shape index (κ3) is 2.91. The molecule has 2 atom stereocenters. The third-order valence-corrected chi connectivity index (χ3v) is 5.23. The van der Waals surface area contributed by atoms with Crippen LogP contribution in [0.3, 0.4) is 0 Å². The summed E-state index contributed by atoms with van der Waals surface area (Å²) in [6.07, 6.45) is 4.68. The molecule has 1 heterocycles. The van der Waals surface area contributed by atoms with E-state index in [2.05, 4.69) is 0 Å². The summed E-state index contributed by atoms with van der Waals surface area (Å²) >= 11 is 3.26. The van der Waals surface area contributed by atoms with E-state index in [1.54, 1.807) is 28.4 Å². The summed E-state index contributed by atoms with van der Waals surface area (Å²) < 4.78 is 0. The fourth-order valence-corrected chi connectivity index (χ4v) is 4.13. The van der Waals surface area contributed by atoms with Crippen LogP contribution >= 0.6 is 23.5 Å². The van der Waals surface area contributed by atoms with Crippen LogP contribution in [0, 0.1) is 5.92 Å². The van der Waals surface area contributed by atoms with Crippen molar-refractivity contribution in [2.75, 3.05) is 17.8 Å². The zero-order chi connectivity index (χ0) is 12.4. The molecule has 0 spiro atoms. The molecule has 1 aliphatic carbocycles. The number of carboxylic acids is 1. The number of nitrogens with zero attached hydrogens (tertiary/aromatic N) is 1. The third-order valence-electron chi connectivity index (χ3n) is 3.15. The van der Waals surface area contributed by atoms with Crippen LogP contribution in [-0.4, -0.2) is 51.1 Å². The Morgan fingerprint density at radius 2 is 2.18 bits per heavy atom. The van der Waals surface area contributed by atoms with Gasteiger partial charge in [0.15, 0.2) is 0 Å². The number of carbonyl (C=O) groups excluding carboxylic acids is 1. The molecular weight excluding hydrogens is 258 g/mol. The molecule has 0 bridgehead atoms. The number of thioether (sulfide) groups is 2. The lowest BCUT2D eigenvalue weighted by Crippen LogP contribution is -2.46. The highest BCUT2D eigenvalue weighted by molar-refractivity contribution is 8.00. The smallest absolute Gasteiger partial charge is 0.327 e. The van der Waals surface area contributed by atoms with E-state index in [1.165, 1.54) is 0 Å². The van der Waals surface area contributed by atoms with Crippen LogP contribution in [0.4, 0.5) is 0 Å². The van der Waals surface area contributed by atoms with Gasteiger partial charge in [-0.05, 0) is 25.0 Å². The number of hydrogen-bond donors (Lipinski definition) is 1. The first-order valence-corrected chi connectivity index (χ1v) is 8.24. The number of carboxylic acid groups (broad SMARTS) is 1. The minimum absolute atomic E-state index is 0.00801. The second kappa shape index (κ2) is 5.52. The number of carbonyl (C=O) groups is 2. The maximum absolute atomic E-state index is 12.1. The van der Waals surface area contributed by atoms with Gasteiger partial charge in [-0.2, -0.15) is 11.8 Å². The zero-order valence-corrected chi connectivity index (χ0v) is 11.4. The Hall–Kier alpha value is -0.360. The molecule has 0 aromatic rings. The predicted octanol–water partition coefficient (Wildman–Crippen LogP) is 1.50. The largest absolute Gasteiger partial charge is 0.480 e. The first-order chi connectivity index (χ1) is 8.15. The van der Waals surface area contributed by atoms with Crippen molar-refractivity contribution in [3.8, 4) is 0 Å². The predicted molar refractivity (Wildman–Crippen MR) is 70.2 cm³/mol. The van der Waals surface area contributed by atoms with E-state index >= 15 is 0 Å². The Morgan fingerprint density at radius 1 is 1.47 bits per heavy atom. The molecule has 4 nitrogen and oxygen atoms in total. The van der Waals surface area contributed by atoms with Gasteiger partial charge < -0.3 is 10.0 Å². The molecule has 1 saturated carbocycles. The normalized spacial score (nSPS) is 28.4. The zero-order valence-electron chi connectivity index (χ0n) is 9.80. The van der Waals surface area contributed by atoms with E-state index in [0.717, 1.165) is 18.6 Å². The average molecular weight is 275 g/mol. The van der Waals surface area contributed by atoms with Crippen molar-refractivity contribution in [1.82, 2.24) is 4.90 Å². The molecule has 2 fully saturated rings. The molecule has 1 amide bonds. The van der Waals surface area contributed by atoms with Gasteiger partial charge in [-0.1, -0.05) is 0 Å². The van der Waals surface area contributed by atoms with Gasteiger partial charge in [0.05, 0.1) is 5.37 Å². The van der Waals surface area contributed by atoms with Crippen molar-refractivity contribution in [2.45, 2.75) is 30.7 Å². The summed E-state index contributed by atoms with van der Waals surface area (Å²) in [7, 11) is 0. The van der Waals surface area contributed by atoms with Crippen LogP contribution in [0.1, 0.15) is 19.3 Å². The summed E-state index contributed by atoms with van der Waals surface area (Å²) in [4.78, 5) is 24.9. The molecule has 6 heteroatoms. The van der Waals surface area contributed by atoms with Gasteiger partial charge in [0, 0.05) is 17.9 Å². The number of rotatable bonds is 5. The summed E-state index contributed by atoms with van der Waals surface area (Å²) in [5.41, 5.74) is 0. The molecular formula is C11H17NO3S2. The second-order valence-corrected chi connectivity index (χ2v) is 6.59. The number of hydrogen-bond acceptors (Lipinski definition) is 4. The summed E-state index contributed by atoms with van der Waals surface area (Å²) in [6, 6.07) is -0.611. The van der Waals surface area contributed by atoms with Gasteiger partial charge in [-0.15, -0.1) is 11.8 Å². The summed E-state index contributed by atoms with van der Waals surface area (Å²) in [5.74, 6) is 0.986. The molecule has 0 aromatic heterocycles. The Morgan fingerprint density at radius 3 is 2.71 bits per heavy atom. The minimum Gasteiger partial charge on any atom is -0.480 e. The Balaban J connectivity index is 2.05. The van der Waals surface area contributed by atoms with Crippen LogP contribution < -0.4 is 0 Å². The Bertz CT molecular complexity index is 320. The highest BCUT2D eigenvalue weighted by Crippen LogP contribution is 2.45.